The zero-order valence-electron chi connectivity index (χ0n) is 9.55. The Bertz CT molecular complexity index is 496. The molecule has 2 aromatic heterocycles. The van der Waals surface area contributed by atoms with Crippen LogP contribution in [-0.2, 0) is 13.1 Å². The molecule has 0 spiro atoms. The summed E-state index contributed by atoms with van der Waals surface area (Å²) in [5.74, 6) is 0. The van der Waals surface area contributed by atoms with Gasteiger partial charge in [0.05, 0.1) is 23.6 Å². The van der Waals surface area contributed by atoms with Crippen molar-refractivity contribution < 1.29 is 4.79 Å². The topological polar surface area (TPSA) is 39.8 Å². The molecule has 16 heavy (non-hydrogen) atoms. The van der Waals surface area contributed by atoms with Crippen LogP contribution in [0.1, 0.15) is 28.8 Å². The lowest BCUT2D eigenvalue weighted by Crippen LogP contribution is -2.09. The van der Waals surface area contributed by atoms with Gasteiger partial charge in [-0.2, -0.15) is 5.10 Å². The quantitative estimate of drug-likeness (QED) is 0.733. The number of hydrogen-bond acceptors (Lipinski definition) is 2. The number of hydrogen-bond donors (Lipinski definition) is 0. The molecule has 0 atom stereocenters. The molecule has 0 aliphatic rings. The van der Waals surface area contributed by atoms with Crippen LogP contribution in [0.5, 0.6) is 0 Å². The van der Waals surface area contributed by atoms with Crippen LogP contribution in [0.25, 0.3) is 0 Å². The molecule has 2 heterocycles. The van der Waals surface area contributed by atoms with Crippen LogP contribution in [0.15, 0.2) is 24.4 Å². The van der Waals surface area contributed by atoms with E-state index >= 15 is 0 Å². The van der Waals surface area contributed by atoms with Crippen molar-refractivity contribution >= 4 is 6.29 Å². The maximum Gasteiger partial charge on any atom is 0.166 e. The Kier molecular flexibility index (Phi) is 2.90. The first-order valence-corrected chi connectivity index (χ1v) is 5.38. The third-order valence-electron chi connectivity index (χ3n) is 2.60. The molecule has 0 fully saturated rings. The fraction of sp³-hybridized carbons (Fsp3) is 0.333. The Morgan fingerprint density at radius 2 is 2.31 bits per heavy atom. The van der Waals surface area contributed by atoms with E-state index in [9.17, 15) is 4.79 Å². The number of carbonyl (C=O) groups is 1. The summed E-state index contributed by atoms with van der Waals surface area (Å²) < 4.78 is 3.89. The van der Waals surface area contributed by atoms with Crippen molar-refractivity contribution in [2.24, 2.45) is 0 Å². The SMILES string of the molecule is CCn1nc(C)cc1Cn1cccc1C=O. The third-order valence-corrected chi connectivity index (χ3v) is 2.60. The zero-order chi connectivity index (χ0) is 11.5. The Hall–Kier alpha value is -1.84. The molecule has 0 aromatic carbocycles. The van der Waals surface area contributed by atoms with Gasteiger partial charge in [-0.3, -0.25) is 9.48 Å². The molecule has 4 nitrogen and oxygen atoms in total. The fourth-order valence-corrected chi connectivity index (χ4v) is 1.85. The number of carbonyl (C=O) groups excluding carboxylic acids is 1. The van der Waals surface area contributed by atoms with E-state index in [-0.39, 0.29) is 0 Å². The standard InChI is InChI=1S/C12H15N3O/c1-3-15-12(7-10(2)13-15)8-14-6-4-5-11(14)9-16/h4-7,9H,3,8H2,1-2H3. The molecule has 0 radical (unpaired) electrons. The summed E-state index contributed by atoms with van der Waals surface area (Å²) in [6.07, 6.45) is 2.78. The van der Waals surface area contributed by atoms with Gasteiger partial charge in [0.1, 0.15) is 0 Å². The van der Waals surface area contributed by atoms with E-state index in [0.717, 1.165) is 24.2 Å². The summed E-state index contributed by atoms with van der Waals surface area (Å²) in [7, 11) is 0. The van der Waals surface area contributed by atoms with Gasteiger partial charge >= 0.3 is 0 Å². The van der Waals surface area contributed by atoms with E-state index in [4.69, 9.17) is 0 Å². The molecule has 0 amide bonds. The molecular formula is C12H15N3O. The maximum absolute atomic E-state index is 10.8. The minimum Gasteiger partial charge on any atom is -0.339 e. The summed E-state index contributed by atoms with van der Waals surface area (Å²) in [5, 5.41) is 4.38. The number of rotatable bonds is 4. The van der Waals surface area contributed by atoms with Crippen LogP contribution in [0.4, 0.5) is 0 Å². The lowest BCUT2D eigenvalue weighted by molar-refractivity contribution is 0.111. The van der Waals surface area contributed by atoms with E-state index in [0.29, 0.717) is 12.2 Å². The number of aryl methyl sites for hydroxylation is 2. The average Bonchev–Trinajstić information content (AvgIpc) is 2.85. The average molecular weight is 217 g/mol. The molecule has 0 saturated heterocycles. The largest absolute Gasteiger partial charge is 0.339 e. The zero-order valence-corrected chi connectivity index (χ0v) is 9.55. The minimum absolute atomic E-state index is 0.690. The van der Waals surface area contributed by atoms with Gasteiger partial charge in [-0.15, -0.1) is 0 Å². The summed E-state index contributed by atoms with van der Waals surface area (Å²) in [4.78, 5) is 10.8. The Morgan fingerprint density at radius 3 is 3.00 bits per heavy atom. The first kappa shape index (κ1) is 10.7. The Balaban J connectivity index is 2.29. The molecule has 0 saturated carbocycles. The van der Waals surface area contributed by atoms with E-state index < -0.39 is 0 Å². The molecule has 0 aliphatic heterocycles. The van der Waals surface area contributed by atoms with Crippen LogP contribution in [0, 0.1) is 6.92 Å². The van der Waals surface area contributed by atoms with Gasteiger partial charge in [-0.25, -0.2) is 0 Å². The van der Waals surface area contributed by atoms with Gasteiger partial charge in [-0.1, -0.05) is 0 Å². The van der Waals surface area contributed by atoms with Crippen molar-refractivity contribution in [3.63, 3.8) is 0 Å². The summed E-state index contributed by atoms with van der Waals surface area (Å²) >= 11 is 0. The van der Waals surface area contributed by atoms with Crippen molar-refractivity contribution in [3.05, 3.63) is 41.5 Å². The molecule has 4 heteroatoms. The smallest absolute Gasteiger partial charge is 0.166 e. The highest BCUT2D eigenvalue weighted by molar-refractivity contribution is 5.72. The summed E-state index contributed by atoms with van der Waals surface area (Å²) in [6, 6.07) is 5.74. The lowest BCUT2D eigenvalue weighted by Gasteiger charge is -2.07. The highest BCUT2D eigenvalue weighted by atomic mass is 16.1. The van der Waals surface area contributed by atoms with Crippen LogP contribution in [0.3, 0.4) is 0 Å². The Labute approximate surface area is 94.5 Å². The molecule has 0 N–H and O–H groups in total. The van der Waals surface area contributed by atoms with Crippen LogP contribution < -0.4 is 0 Å². The van der Waals surface area contributed by atoms with Gasteiger partial charge < -0.3 is 4.57 Å². The van der Waals surface area contributed by atoms with Gasteiger partial charge in [0.25, 0.3) is 0 Å². The summed E-state index contributed by atoms with van der Waals surface area (Å²) in [6.45, 7) is 5.58. The van der Waals surface area contributed by atoms with Gasteiger partial charge in [0.15, 0.2) is 6.29 Å². The van der Waals surface area contributed by atoms with Crippen LogP contribution in [-0.4, -0.2) is 20.6 Å². The molecule has 0 unspecified atom stereocenters. The van der Waals surface area contributed by atoms with Crippen molar-refractivity contribution in [3.8, 4) is 0 Å². The normalized spacial score (nSPS) is 10.6. The lowest BCUT2D eigenvalue weighted by atomic mass is 10.3. The predicted molar refractivity (Wildman–Crippen MR) is 61.6 cm³/mol. The highest BCUT2D eigenvalue weighted by Crippen LogP contribution is 2.08. The first-order chi connectivity index (χ1) is 7.74. The van der Waals surface area contributed by atoms with Gasteiger partial charge in [0, 0.05) is 12.7 Å². The second kappa shape index (κ2) is 4.35. The number of nitrogens with zero attached hydrogens (tertiary/aromatic N) is 3. The maximum atomic E-state index is 10.8. The van der Waals surface area contributed by atoms with Crippen molar-refractivity contribution in [1.29, 1.82) is 0 Å². The monoisotopic (exact) mass is 217 g/mol. The second-order valence-electron chi connectivity index (χ2n) is 3.77. The van der Waals surface area contributed by atoms with E-state index in [1.165, 1.54) is 0 Å². The van der Waals surface area contributed by atoms with E-state index in [2.05, 4.69) is 18.1 Å². The van der Waals surface area contributed by atoms with Gasteiger partial charge in [-0.05, 0) is 32.0 Å². The molecule has 84 valence electrons. The molecule has 2 aromatic rings. The number of aldehydes is 1. The molecule has 2 rings (SSSR count). The highest BCUT2D eigenvalue weighted by Gasteiger charge is 2.06. The van der Waals surface area contributed by atoms with Crippen molar-refractivity contribution in [2.75, 3.05) is 0 Å². The Morgan fingerprint density at radius 1 is 1.50 bits per heavy atom. The first-order valence-electron chi connectivity index (χ1n) is 5.38. The second-order valence-corrected chi connectivity index (χ2v) is 3.77. The third kappa shape index (κ3) is 1.91. The minimum atomic E-state index is 0.690. The van der Waals surface area contributed by atoms with Crippen LogP contribution in [0.2, 0.25) is 0 Å². The molecular weight excluding hydrogens is 202 g/mol. The summed E-state index contributed by atoms with van der Waals surface area (Å²) in [5.41, 5.74) is 2.83. The van der Waals surface area contributed by atoms with E-state index in [1.54, 1.807) is 0 Å². The van der Waals surface area contributed by atoms with Crippen LogP contribution >= 0.6 is 0 Å². The fourth-order valence-electron chi connectivity index (χ4n) is 1.85. The van der Waals surface area contributed by atoms with Crippen molar-refractivity contribution in [2.45, 2.75) is 26.9 Å². The molecule has 0 aliphatic carbocycles. The number of aromatic nitrogens is 3. The van der Waals surface area contributed by atoms with Gasteiger partial charge in [0.2, 0.25) is 0 Å². The van der Waals surface area contributed by atoms with Crippen molar-refractivity contribution in [1.82, 2.24) is 14.3 Å². The molecule has 0 bridgehead atoms. The predicted octanol–water partition coefficient (Wildman–Crippen LogP) is 1.87. The van der Waals surface area contributed by atoms with E-state index in [1.807, 2.05) is 34.5 Å².